The summed E-state index contributed by atoms with van der Waals surface area (Å²) >= 11 is 0. The topological polar surface area (TPSA) is 63.3 Å². The predicted octanol–water partition coefficient (Wildman–Crippen LogP) is 0.588. The van der Waals surface area contributed by atoms with Crippen LogP contribution in [-0.4, -0.2) is 17.1 Å². The van der Waals surface area contributed by atoms with Gasteiger partial charge in [-0.2, -0.15) is 0 Å². The van der Waals surface area contributed by atoms with Crippen molar-refractivity contribution >= 4 is 5.97 Å². The molecule has 2 aliphatic carbocycles. The van der Waals surface area contributed by atoms with Gasteiger partial charge in [0, 0.05) is 6.04 Å². The van der Waals surface area contributed by atoms with Crippen LogP contribution < -0.4 is 5.73 Å². The fourth-order valence-electron chi connectivity index (χ4n) is 2.20. The van der Waals surface area contributed by atoms with Gasteiger partial charge in [0.05, 0.1) is 5.92 Å². The summed E-state index contributed by atoms with van der Waals surface area (Å²) in [6.45, 7) is 0. The smallest absolute Gasteiger partial charge is 0.308 e. The van der Waals surface area contributed by atoms with E-state index < -0.39 is 5.97 Å². The van der Waals surface area contributed by atoms with Crippen LogP contribution in [0, 0.1) is 11.3 Å². The van der Waals surface area contributed by atoms with E-state index in [1.165, 1.54) is 12.8 Å². The van der Waals surface area contributed by atoms with E-state index in [-0.39, 0.29) is 12.0 Å². The van der Waals surface area contributed by atoms with Crippen LogP contribution in [0.3, 0.4) is 0 Å². The van der Waals surface area contributed by atoms with Gasteiger partial charge in [0.15, 0.2) is 0 Å². The van der Waals surface area contributed by atoms with Crippen molar-refractivity contribution < 1.29 is 9.90 Å². The maximum Gasteiger partial charge on any atom is 0.308 e. The number of aliphatic carboxylic acids is 1. The summed E-state index contributed by atoms with van der Waals surface area (Å²) in [5.41, 5.74) is 6.08. The largest absolute Gasteiger partial charge is 0.481 e. The second-order valence-corrected chi connectivity index (χ2v) is 4.02. The first-order valence-electron chi connectivity index (χ1n) is 4.11. The third kappa shape index (κ3) is 1.03. The molecule has 2 saturated carbocycles. The molecule has 62 valence electrons. The minimum atomic E-state index is -0.707. The molecule has 2 rings (SSSR count). The van der Waals surface area contributed by atoms with Gasteiger partial charge in [0.2, 0.25) is 0 Å². The number of carboxylic acid groups (broad SMARTS) is 1. The van der Waals surface area contributed by atoms with Crippen molar-refractivity contribution in [3.63, 3.8) is 0 Å². The van der Waals surface area contributed by atoms with Crippen LogP contribution in [0.25, 0.3) is 0 Å². The summed E-state index contributed by atoms with van der Waals surface area (Å²) in [6.07, 6.45) is 4.16. The van der Waals surface area contributed by atoms with Gasteiger partial charge in [-0.05, 0) is 31.1 Å². The molecule has 3 heteroatoms. The van der Waals surface area contributed by atoms with Gasteiger partial charge in [-0.15, -0.1) is 0 Å². The van der Waals surface area contributed by atoms with E-state index in [0.29, 0.717) is 5.41 Å². The molecule has 0 bridgehead atoms. The minimum Gasteiger partial charge on any atom is -0.481 e. The van der Waals surface area contributed by atoms with Gasteiger partial charge in [0.25, 0.3) is 0 Å². The lowest BCUT2D eigenvalue weighted by Crippen LogP contribution is -2.30. The van der Waals surface area contributed by atoms with E-state index in [9.17, 15) is 4.79 Å². The first-order valence-corrected chi connectivity index (χ1v) is 4.11. The summed E-state index contributed by atoms with van der Waals surface area (Å²) in [6, 6.07) is -0.0880. The Morgan fingerprint density at radius 3 is 2.36 bits per heavy atom. The van der Waals surface area contributed by atoms with Crippen LogP contribution in [0.5, 0.6) is 0 Å². The molecule has 2 atom stereocenters. The third-order valence-corrected chi connectivity index (χ3v) is 3.11. The zero-order valence-corrected chi connectivity index (χ0v) is 6.42. The SMILES string of the molecule is N[C@H]1CC2(CC2)C[C@H]1C(=O)O. The Balaban J connectivity index is 2.08. The van der Waals surface area contributed by atoms with Crippen molar-refractivity contribution in [2.45, 2.75) is 31.7 Å². The summed E-state index contributed by atoms with van der Waals surface area (Å²) in [7, 11) is 0. The van der Waals surface area contributed by atoms with E-state index >= 15 is 0 Å². The van der Waals surface area contributed by atoms with Crippen molar-refractivity contribution in [1.82, 2.24) is 0 Å². The second-order valence-electron chi connectivity index (χ2n) is 4.02. The lowest BCUT2D eigenvalue weighted by atomic mass is 10.0. The normalized spacial score (nSPS) is 39.4. The average molecular weight is 155 g/mol. The van der Waals surface area contributed by atoms with Crippen molar-refractivity contribution in [1.29, 1.82) is 0 Å². The van der Waals surface area contributed by atoms with E-state index in [1.54, 1.807) is 0 Å². The minimum absolute atomic E-state index is 0.0880. The Bertz CT molecular complexity index is 198. The van der Waals surface area contributed by atoms with E-state index in [2.05, 4.69) is 0 Å². The molecule has 0 unspecified atom stereocenters. The summed E-state index contributed by atoms with van der Waals surface area (Å²) in [4.78, 5) is 10.6. The van der Waals surface area contributed by atoms with E-state index in [4.69, 9.17) is 10.8 Å². The summed E-state index contributed by atoms with van der Waals surface area (Å²) in [5, 5.41) is 8.76. The molecule has 2 aliphatic rings. The quantitative estimate of drug-likeness (QED) is 0.582. The molecular weight excluding hydrogens is 142 g/mol. The van der Waals surface area contributed by atoms with Gasteiger partial charge in [-0.3, -0.25) is 4.79 Å². The fraction of sp³-hybridized carbons (Fsp3) is 0.875. The zero-order chi connectivity index (χ0) is 8.06. The molecule has 3 N–H and O–H groups in total. The molecule has 0 aromatic rings. The third-order valence-electron chi connectivity index (χ3n) is 3.11. The van der Waals surface area contributed by atoms with Crippen molar-refractivity contribution in [2.75, 3.05) is 0 Å². The molecule has 11 heavy (non-hydrogen) atoms. The van der Waals surface area contributed by atoms with Crippen molar-refractivity contribution in [3.8, 4) is 0 Å². The maximum atomic E-state index is 10.6. The number of carboxylic acids is 1. The Morgan fingerprint density at radius 1 is 1.45 bits per heavy atom. The number of hydrogen-bond donors (Lipinski definition) is 2. The van der Waals surface area contributed by atoms with E-state index in [0.717, 1.165) is 12.8 Å². The van der Waals surface area contributed by atoms with Gasteiger partial charge < -0.3 is 10.8 Å². The first kappa shape index (κ1) is 7.10. The first-order chi connectivity index (χ1) is 5.13. The van der Waals surface area contributed by atoms with Gasteiger partial charge >= 0.3 is 5.97 Å². The average Bonchev–Trinajstić information content (AvgIpc) is 2.54. The molecule has 0 saturated heterocycles. The van der Waals surface area contributed by atoms with Gasteiger partial charge in [-0.1, -0.05) is 0 Å². The molecule has 0 heterocycles. The molecule has 0 amide bonds. The van der Waals surface area contributed by atoms with Crippen LogP contribution >= 0.6 is 0 Å². The molecule has 0 aliphatic heterocycles. The van der Waals surface area contributed by atoms with Crippen LogP contribution in [0.4, 0.5) is 0 Å². The van der Waals surface area contributed by atoms with Crippen molar-refractivity contribution in [2.24, 2.45) is 17.1 Å². The standard InChI is InChI=1S/C8H13NO2/c9-6-4-8(1-2-8)3-5(6)7(10)11/h5-6H,1-4,9H2,(H,10,11)/t5-,6+/m1/s1. The lowest BCUT2D eigenvalue weighted by molar-refractivity contribution is -0.142. The molecule has 2 fully saturated rings. The highest BCUT2D eigenvalue weighted by atomic mass is 16.4. The predicted molar refractivity (Wildman–Crippen MR) is 40.0 cm³/mol. The Hall–Kier alpha value is -0.570. The van der Waals surface area contributed by atoms with Crippen molar-refractivity contribution in [3.05, 3.63) is 0 Å². The lowest BCUT2D eigenvalue weighted by Gasteiger charge is -2.07. The fourth-order valence-corrected chi connectivity index (χ4v) is 2.20. The summed E-state index contributed by atoms with van der Waals surface area (Å²) in [5.74, 6) is -0.973. The van der Waals surface area contributed by atoms with E-state index in [1.807, 2.05) is 0 Å². The van der Waals surface area contributed by atoms with Gasteiger partial charge in [0.1, 0.15) is 0 Å². The second kappa shape index (κ2) is 1.97. The maximum absolute atomic E-state index is 10.6. The highest BCUT2D eigenvalue weighted by Gasteiger charge is 2.53. The Kier molecular flexibility index (Phi) is 1.27. The Morgan fingerprint density at radius 2 is 2.09 bits per heavy atom. The van der Waals surface area contributed by atoms with Crippen LogP contribution in [0.15, 0.2) is 0 Å². The Labute approximate surface area is 65.6 Å². The molecule has 0 radical (unpaired) electrons. The van der Waals surface area contributed by atoms with Gasteiger partial charge in [-0.25, -0.2) is 0 Å². The molecule has 0 aromatic heterocycles. The monoisotopic (exact) mass is 155 g/mol. The number of rotatable bonds is 1. The number of carbonyl (C=O) groups is 1. The highest BCUT2D eigenvalue weighted by Crippen LogP contribution is 2.59. The number of nitrogens with two attached hydrogens (primary N) is 1. The molecule has 3 nitrogen and oxygen atoms in total. The van der Waals surface area contributed by atoms with Crippen LogP contribution in [0.2, 0.25) is 0 Å². The van der Waals surface area contributed by atoms with Crippen LogP contribution in [0.1, 0.15) is 25.7 Å². The molecule has 1 spiro atoms. The van der Waals surface area contributed by atoms with Crippen LogP contribution in [-0.2, 0) is 4.79 Å². The molecular formula is C8H13NO2. The molecule has 0 aromatic carbocycles. The zero-order valence-electron chi connectivity index (χ0n) is 6.42. The highest BCUT2D eigenvalue weighted by molar-refractivity contribution is 5.71. The number of hydrogen-bond acceptors (Lipinski definition) is 2. The summed E-state index contributed by atoms with van der Waals surface area (Å²) < 4.78 is 0.